The molecule has 2 heterocycles. The molecule has 1 aromatic carbocycles. The zero-order chi connectivity index (χ0) is 14.1. The maximum absolute atomic E-state index is 11.1. The number of aromatic nitrogens is 1. The standard InChI is InChI=1S/C13H10N2O5/c16-7-10-2-1-3-14(10)6-9-4-12-13(20-8-19-12)5-11(9)15(17)18/h1-5,7H,6,8H2. The highest BCUT2D eigenvalue weighted by atomic mass is 16.7. The Bertz CT molecular complexity index is 692. The Balaban J connectivity index is 2.04. The summed E-state index contributed by atoms with van der Waals surface area (Å²) in [5.41, 5.74) is 0.857. The third-order valence-corrected chi connectivity index (χ3v) is 3.10. The summed E-state index contributed by atoms with van der Waals surface area (Å²) in [5.74, 6) is 0.842. The Morgan fingerprint density at radius 3 is 2.80 bits per heavy atom. The Kier molecular flexibility index (Phi) is 2.86. The van der Waals surface area contributed by atoms with Crippen molar-refractivity contribution in [2.24, 2.45) is 0 Å². The lowest BCUT2D eigenvalue weighted by Gasteiger charge is -2.07. The van der Waals surface area contributed by atoms with E-state index < -0.39 is 4.92 Å². The number of hydrogen-bond acceptors (Lipinski definition) is 5. The largest absolute Gasteiger partial charge is 0.454 e. The first-order valence-corrected chi connectivity index (χ1v) is 5.86. The quantitative estimate of drug-likeness (QED) is 0.483. The second-order valence-corrected chi connectivity index (χ2v) is 4.27. The average Bonchev–Trinajstić information content (AvgIpc) is 3.05. The molecule has 0 saturated heterocycles. The molecule has 0 radical (unpaired) electrons. The summed E-state index contributed by atoms with van der Waals surface area (Å²) in [7, 11) is 0. The molecule has 1 aromatic heterocycles. The molecule has 1 aliphatic heterocycles. The molecule has 0 bridgehead atoms. The Hall–Kier alpha value is -2.83. The van der Waals surface area contributed by atoms with Crippen LogP contribution in [-0.4, -0.2) is 22.6 Å². The van der Waals surface area contributed by atoms with Crippen molar-refractivity contribution < 1.29 is 19.2 Å². The van der Waals surface area contributed by atoms with E-state index in [-0.39, 0.29) is 19.0 Å². The van der Waals surface area contributed by atoms with Crippen LogP contribution in [-0.2, 0) is 6.54 Å². The second kappa shape index (κ2) is 4.69. The molecule has 7 nitrogen and oxygen atoms in total. The van der Waals surface area contributed by atoms with Gasteiger partial charge in [0.05, 0.1) is 28.8 Å². The number of fused-ring (bicyclic) bond motifs is 1. The highest BCUT2D eigenvalue weighted by molar-refractivity contribution is 5.72. The molecule has 20 heavy (non-hydrogen) atoms. The summed E-state index contributed by atoms with van der Waals surface area (Å²) >= 11 is 0. The van der Waals surface area contributed by atoms with Crippen molar-refractivity contribution in [3.8, 4) is 11.5 Å². The number of hydrogen-bond donors (Lipinski definition) is 0. The highest BCUT2D eigenvalue weighted by Gasteiger charge is 2.23. The zero-order valence-electron chi connectivity index (χ0n) is 10.3. The number of carbonyl (C=O) groups is 1. The van der Waals surface area contributed by atoms with Gasteiger partial charge in [-0.05, 0) is 18.2 Å². The molecule has 7 heteroatoms. The van der Waals surface area contributed by atoms with Gasteiger partial charge in [-0.2, -0.15) is 0 Å². The van der Waals surface area contributed by atoms with E-state index >= 15 is 0 Å². The molecule has 3 rings (SSSR count). The SMILES string of the molecule is O=Cc1cccn1Cc1cc2c(cc1[N+](=O)[O-])OCO2. The van der Waals surface area contributed by atoms with Crippen molar-refractivity contribution in [2.45, 2.75) is 6.54 Å². The fraction of sp³-hybridized carbons (Fsp3) is 0.154. The summed E-state index contributed by atoms with van der Waals surface area (Å²) in [5, 5.41) is 11.1. The smallest absolute Gasteiger partial charge is 0.278 e. The first kappa shape index (κ1) is 12.2. The van der Waals surface area contributed by atoms with E-state index in [1.807, 2.05) is 0 Å². The van der Waals surface area contributed by atoms with Gasteiger partial charge < -0.3 is 14.0 Å². The molecule has 0 saturated carbocycles. The van der Waals surface area contributed by atoms with Crippen molar-refractivity contribution in [3.05, 3.63) is 51.8 Å². The van der Waals surface area contributed by atoms with Crippen LogP contribution in [0.4, 0.5) is 5.69 Å². The monoisotopic (exact) mass is 274 g/mol. The van der Waals surface area contributed by atoms with Crippen molar-refractivity contribution >= 4 is 12.0 Å². The van der Waals surface area contributed by atoms with Crippen LogP contribution in [0.5, 0.6) is 11.5 Å². The van der Waals surface area contributed by atoms with Gasteiger partial charge in [0, 0.05) is 6.20 Å². The van der Waals surface area contributed by atoms with Crippen LogP contribution in [0.3, 0.4) is 0 Å². The van der Waals surface area contributed by atoms with Crippen LogP contribution in [0, 0.1) is 10.1 Å². The minimum absolute atomic E-state index is 0.0546. The first-order valence-electron chi connectivity index (χ1n) is 5.86. The number of ether oxygens (including phenoxy) is 2. The van der Waals surface area contributed by atoms with Gasteiger partial charge in [0.15, 0.2) is 17.8 Å². The molecule has 102 valence electrons. The number of nitro benzene ring substituents is 1. The molecule has 0 spiro atoms. The Morgan fingerprint density at radius 2 is 2.10 bits per heavy atom. The van der Waals surface area contributed by atoms with E-state index in [0.29, 0.717) is 29.0 Å². The minimum atomic E-state index is -0.471. The lowest BCUT2D eigenvalue weighted by Crippen LogP contribution is -2.05. The van der Waals surface area contributed by atoms with Crippen LogP contribution in [0.15, 0.2) is 30.5 Å². The van der Waals surface area contributed by atoms with Crippen molar-refractivity contribution in [1.29, 1.82) is 0 Å². The fourth-order valence-electron chi connectivity index (χ4n) is 2.13. The predicted octanol–water partition coefficient (Wildman–Crippen LogP) is 1.99. The number of benzene rings is 1. The first-order chi connectivity index (χ1) is 9.69. The van der Waals surface area contributed by atoms with Gasteiger partial charge >= 0.3 is 0 Å². The third kappa shape index (κ3) is 1.99. The predicted molar refractivity (Wildman–Crippen MR) is 68.1 cm³/mol. The van der Waals surface area contributed by atoms with E-state index in [2.05, 4.69) is 0 Å². The normalized spacial score (nSPS) is 12.4. The average molecular weight is 274 g/mol. The number of nitrogens with zero attached hydrogens (tertiary/aromatic N) is 2. The topological polar surface area (TPSA) is 83.6 Å². The number of aldehydes is 1. The van der Waals surface area contributed by atoms with Crippen molar-refractivity contribution in [2.75, 3.05) is 6.79 Å². The maximum Gasteiger partial charge on any atom is 0.278 e. The van der Waals surface area contributed by atoms with E-state index in [1.54, 1.807) is 29.0 Å². The van der Waals surface area contributed by atoms with Crippen LogP contribution in [0.25, 0.3) is 0 Å². The van der Waals surface area contributed by atoms with Crippen LogP contribution in [0.1, 0.15) is 16.1 Å². The second-order valence-electron chi connectivity index (χ2n) is 4.27. The lowest BCUT2D eigenvalue weighted by atomic mass is 10.1. The molecular formula is C13H10N2O5. The Labute approximate surface area is 113 Å². The van der Waals surface area contributed by atoms with E-state index in [1.165, 1.54) is 6.07 Å². The van der Waals surface area contributed by atoms with E-state index in [9.17, 15) is 14.9 Å². The zero-order valence-corrected chi connectivity index (χ0v) is 10.3. The number of rotatable bonds is 4. The summed E-state index contributed by atoms with van der Waals surface area (Å²) in [6.45, 7) is 0.271. The Morgan fingerprint density at radius 1 is 1.35 bits per heavy atom. The highest BCUT2D eigenvalue weighted by Crippen LogP contribution is 2.38. The fourth-order valence-corrected chi connectivity index (χ4v) is 2.13. The summed E-state index contributed by atoms with van der Waals surface area (Å²) in [6, 6.07) is 6.28. The number of carbonyl (C=O) groups excluding carboxylic acids is 1. The third-order valence-electron chi connectivity index (χ3n) is 3.10. The van der Waals surface area contributed by atoms with Gasteiger partial charge in [-0.15, -0.1) is 0 Å². The van der Waals surface area contributed by atoms with Gasteiger partial charge in [0.2, 0.25) is 6.79 Å². The van der Waals surface area contributed by atoms with Gasteiger partial charge in [-0.25, -0.2) is 0 Å². The van der Waals surface area contributed by atoms with Gasteiger partial charge in [-0.1, -0.05) is 0 Å². The molecule has 0 amide bonds. The molecule has 0 atom stereocenters. The summed E-state index contributed by atoms with van der Waals surface area (Å²) in [4.78, 5) is 21.5. The van der Waals surface area contributed by atoms with Crippen molar-refractivity contribution in [1.82, 2.24) is 4.57 Å². The number of nitro groups is 1. The van der Waals surface area contributed by atoms with E-state index in [4.69, 9.17) is 9.47 Å². The maximum atomic E-state index is 11.1. The van der Waals surface area contributed by atoms with Gasteiger partial charge in [0.25, 0.3) is 5.69 Å². The van der Waals surface area contributed by atoms with Crippen LogP contribution >= 0.6 is 0 Å². The molecule has 0 unspecified atom stereocenters. The summed E-state index contributed by atoms with van der Waals surface area (Å²) < 4.78 is 12.0. The molecular weight excluding hydrogens is 264 g/mol. The minimum Gasteiger partial charge on any atom is -0.454 e. The van der Waals surface area contributed by atoms with Gasteiger partial charge in [0.1, 0.15) is 0 Å². The lowest BCUT2D eigenvalue weighted by molar-refractivity contribution is -0.385. The van der Waals surface area contributed by atoms with Crippen LogP contribution in [0.2, 0.25) is 0 Å². The van der Waals surface area contributed by atoms with E-state index in [0.717, 1.165) is 0 Å². The molecule has 0 aliphatic carbocycles. The molecule has 1 aliphatic rings. The molecule has 0 N–H and O–H groups in total. The van der Waals surface area contributed by atoms with Crippen LogP contribution < -0.4 is 9.47 Å². The van der Waals surface area contributed by atoms with Crippen molar-refractivity contribution in [3.63, 3.8) is 0 Å². The molecule has 2 aromatic rings. The molecule has 0 fully saturated rings. The summed E-state index contributed by atoms with van der Waals surface area (Å²) in [6.07, 6.45) is 2.40. The van der Waals surface area contributed by atoms with Gasteiger partial charge in [-0.3, -0.25) is 14.9 Å².